The molecule has 0 bridgehead atoms. The molecule has 0 spiro atoms. The number of benzene rings is 1. The third kappa shape index (κ3) is 5.43. The van der Waals surface area contributed by atoms with Crippen LogP contribution in [-0.4, -0.2) is 25.2 Å². The largest absolute Gasteiger partial charge is 0.383 e. The average Bonchev–Trinajstić information content (AvgIpc) is 2.48. The number of pyridine rings is 1. The Morgan fingerprint density at radius 3 is 2.86 bits per heavy atom. The van der Waals surface area contributed by atoms with Gasteiger partial charge in [-0.1, -0.05) is 29.5 Å². The fraction of sp³-hybridized carbons (Fsp3) is 0.312. The lowest BCUT2D eigenvalue weighted by atomic mass is 10.1. The second-order valence-electron chi connectivity index (χ2n) is 4.70. The van der Waals surface area contributed by atoms with Gasteiger partial charge in [0.25, 0.3) is 0 Å². The first-order valence-electron chi connectivity index (χ1n) is 6.77. The maximum absolute atomic E-state index is 5.06. The zero-order valence-electron chi connectivity index (χ0n) is 12.2. The molecule has 5 heteroatoms. The molecule has 0 aliphatic carbocycles. The minimum Gasteiger partial charge on any atom is -0.383 e. The van der Waals surface area contributed by atoms with Crippen molar-refractivity contribution in [1.82, 2.24) is 10.3 Å². The van der Waals surface area contributed by atoms with Crippen molar-refractivity contribution in [2.24, 2.45) is 0 Å². The molecule has 0 aliphatic rings. The molecular weight excluding hydrogens is 348 g/mol. The van der Waals surface area contributed by atoms with Crippen LogP contribution in [0.25, 0.3) is 0 Å². The molecule has 1 heterocycles. The molecule has 0 amide bonds. The third-order valence-corrected chi connectivity index (χ3v) is 4.47. The summed E-state index contributed by atoms with van der Waals surface area (Å²) < 4.78 is 6.06. The Bertz CT molecular complexity index is 575. The standard InChI is InChI=1S/C16H19BrN2OS/c1-12-3-5-15(13(9-12)10-18-7-8-20-2)21-16-6-4-14(17)11-19-16/h3-6,9,11,18H,7-8,10H2,1-2H3. The van der Waals surface area contributed by atoms with Gasteiger partial charge in [0, 0.05) is 35.8 Å². The van der Waals surface area contributed by atoms with Crippen molar-refractivity contribution in [3.63, 3.8) is 0 Å². The summed E-state index contributed by atoms with van der Waals surface area (Å²) >= 11 is 5.10. The van der Waals surface area contributed by atoms with E-state index in [4.69, 9.17) is 4.74 Å². The van der Waals surface area contributed by atoms with Crippen molar-refractivity contribution in [1.29, 1.82) is 0 Å². The molecule has 3 nitrogen and oxygen atoms in total. The van der Waals surface area contributed by atoms with Crippen LogP contribution in [0.3, 0.4) is 0 Å². The number of nitrogens with zero attached hydrogens (tertiary/aromatic N) is 1. The lowest BCUT2D eigenvalue weighted by Crippen LogP contribution is -2.19. The number of aryl methyl sites for hydroxylation is 1. The van der Waals surface area contributed by atoms with E-state index < -0.39 is 0 Å². The summed E-state index contributed by atoms with van der Waals surface area (Å²) in [4.78, 5) is 5.66. The van der Waals surface area contributed by atoms with Crippen LogP contribution in [-0.2, 0) is 11.3 Å². The minimum absolute atomic E-state index is 0.725. The number of ether oxygens (including phenoxy) is 1. The quantitative estimate of drug-likeness (QED) is 0.749. The van der Waals surface area contributed by atoms with E-state index in [0.29, 0.717) is 0 Å². The van der Waals surface area contributed by atoms with Crippen molar-refractivity contribution in [3.8, 4) is 0 Å². The molecule has 0 fully saturated rings. The normalized spacial score (nSPS) is 10.8. The number of methoxy groups -OCH3 is 1. The summed E-state index contributed by atoms with van der Waals surface area (Å²) in [5, 5.41) is 4.40. The number of hydrogen-bond donors (Lipinski definition) is 1. The van der Waals surface area contributed by atoms with Crippen LogP contribution in [0.4, 0.5) is 0 Å². The van der Waals surface area contributed by atoms with E-state index in [1.165, 1.54) is 16.0 Å². The average molecular weight is 367 g/mol. The predicted molar refractivity (Wildman–Crippen MR) is 90.8 cm³/mol. The van der Waals surface area contributed by atoms with Gasteiger partial charge in [-0.2, -0.15) is 0 Å². The van der Waals surface area contributed by atoms with Crippen LogP contribution in [0, 0.1) is 6.92 Å². The summed E-state index contributed by atoms with van der Waals surface area (Å²) in [6.45, 7) is 4.53. The molecule has 1 N–H and O–H groups in total. The Balaban J connectivity index is 2.08. The van der Waals surface area contributed by atoms with Gasteiger partial charge < -0.3 is 10.1 Å². The predicted octanol–water partition coefficient (Wildman–Crippen LogP) is 4.04. The van der Waals surface area contributed by atoms with Gasteiger partial charge in [0.1, 0.15) is 5.03 Å². The van der Waals surface area contributed by atoms with Gasteiger partial charge >= 0.3 is 0 Å². The summed E-state index contributed by atoms with van der Waals surface area (Å²) in [6, 6.07) is 10.6. The van der Waals surface area contributed by atoms with E-state index in [0.717, 1.165) is 29.2 Å². The van der Waals surface area contributed by atoms with Gasteiger partial charge in [-0.05, 0) is 46.6 Å². The molecule has 21 heavy (non-hydrogen) atoms. The van der Waals surface area contributed by atoms with Crippen molar-refractivity contribution in [2.45, 2.75) is 23.4 Å². The van der Waals surface area contributed by atoms with Gasteiger partial charge in [-0.25, -0.2) is 4.98 Å². The summed E-state index contributed by atoms with van der Waals surface area (Å²) in [6.07, 6.45) is 1.83. The molecule has 2 rings (SSSR count). The van der Waals surface area contributed by atoms with E-state index in [-0.39, 0.29) is 0 Å². The number of nitrogens with one attached hydrogen (secondary N) is 1. The molecule has 1 aromatic heterocycles. The second kappa shape index (κ2) is 8.54. The highest BCUT2D eigenvalue weighted by molar-refractivity contribution is 9.10. The highest BCUT2D eigenvalue weighted by Crippen LogP contribution is 2.30. The second-order valence-corrected chi connectivity index (χ2v) is 6.68. The molecule has 1 aromatic carbocycles. The Morgan fingerprint density at radius 2 is 2.14 bits per heavy atom. The summed E-state index contributed by atoms with van der Waals surface area (Å²) in [5.74, 6) is 0. The van der Waals surface area contributed by atoms with Crippen molar-refractivity contribution < 1.29 is 4.74 Å². The smallest absolute Gasteiger partial charge is 0.101 e. The van der Waals surface area contributed by atoms with Crippen LogP contribution in [0.15, 0.2) is 50.9 Å². The SMILES string of the molecule is COCCNCc1cc(C)ccc1Sc1ccc(Br)cn1. The van der Waals surface area contributed by atoms with Crippen LogP contribution in [0.5, 0.6) is 0 Å². The number of halogens is 1. The van der Waals surface area contributed by atoms with Crippen LogP contribution in [0.1, 0.15) is 11.1 Å². The Morgan fingerprint density at radius 1 is 1.29 bits per heavy atom. The van der Waals surface area contributed by atoms with Gasteiger partial charge in [-0.3, -0.25) is 0 Å². The molecule has 0 saturated carbocycles. The molecule has 112 valence electrons. The highest BCUT2D eigenvalue weighted by Gasteiger charge is 2.06. The first kappa shape index (κ1) is 16.5. The van der Waals surface area contributed by atoms with Crippen LogP contribution >= 0.6 is 27.7 Å². The van der Waals surface area contributed by atoms with Gasteiger partial charge in [0.2, 0.25) is 0 Å². The topological polar surface area (TPSA) is 34.1 Å². The van der Waals surface area contributed by atoms with E-state index in [9.17, 15) is 0 Å². The van der Waals surface area contributed by atoms with Crippen molar-refractivity contribution >= 4 is 27.7 Å². The Hall–Kier alpha value is -0.880. The van der Waals surface area contributed by atoms with E-state index in [2.05, 4.69) is 51.4 Å². The minimum atomic E-state index is 0.725. The maximum atomic E-state index is 5.06. The molecule has 0 unspecified atom stereocenters. The lowest BCUT2D eigenvalue weighted by molar-refractivity contribution is 0.199. The third-order valence-electron chi connectivity index (χ3n) is 2.93. The monoisotopic (exact) mass is 366 g/mol. The lowest BCUT2D eigenvalue weighted by Gasteiger charge is -2.11. The maximum Gasteiger partial charge on any atom is 0.101 e. The first-order valence-corrected chi connectivity index (χ1v) is 8.38. The Kier molecular flexibility index (Phi) is 6.70. The van der Waals surface area contributed by atoms with Crippen LogP contribution in [0.2, 0.25) is 0 Å². The zero-order valence-corrected chi connectivity index (χ0v) is 14.6. The molecule has 0 atom stereocenters. The number of rotatable bonds is 7. The van der Waals surface area contributed by atoms with E-state index >= 15 is 0 Å². The van der Waals surface area contributed by atoms with E-state index in [1.54, 1.807) is 18.9 Å². The highest BCUT2D eigenvalue weighted by atomic mass is 79.9. The fourth-order valence-electron chi connectivity index (χ4n) is 1.88. The number of aromatic nitrogens is 1. The Labute approximate surface area is 138 Å². The van der Waals surface area contributed by atoms with E-state index in [1.807, 2.05) is 18.3 Å². The van der Waals surface area contributed by atoms with Gasteiger partial charge in [0.15, 0.2) is 0 Å². The molecule has 2 aromatic rings. The van der Waals surface area contributed by atoms with Crippen molar-refractivity contribution in [3.05, 3.63) is 52.1 Å². The van der Waals surface area contributed by atoms with Crippen LogP contribution < -0.4 is 5.32 Å². The molecule has 0 aliphatic heterocycles. The zero-order chi connectivity index (χ0) is 15.1. The molecule has 0 saturated heterocycles. The summed E-state index contributed by atoms with van der Waals surface area (Å²) in [5.41, 5.74) is 2.56. The number of hydrogen-bond acceptors (Lipinski definition) is 4. The van der Waals surface area contributed by atoms with Crippen molar-refractivity contribution in [2.75, 3.05) is 20.3 Å². The van der Waals surface area contributed by atoms with Gasteiger partial charge in [-0.15, -0.1) is 0 Å². The van der Waals surface area contributed by atoms with Gasteiger partial charge in [0.05, 0.1) is 6.61 Å². The first-order chi connectivity index (χ1) is 10.2. The fourth-order valence-corrected chi connectivity index (χ4v) is 2.98. The molecular formula is C16H19BrN2OS. The molecule has 0 radical (unpaired) electrons. The summed E-state index contributed by atoms with van der Waals surface area (Å²) in [7, 11) is 1.72.